The number of amides is 1. The summed E-state index contributed by atoms with van der Waals surface area (Å²) in [5.41, 5.74) is 2.19. The van der Waals surface area contributed by atoms with Crippen molar-refractivity contribution in [1.29, 1.82) is 5.26 Å². The lowest BCUT2D eigenvalue weighted by Crippen LogP contribution is -2.12. The summed E-state index contributed by atoms with van der Waals surface area (Å²) >= 11 is 7.37. The average Bonchev–Trinajstić information content (AvgIpc) is 3.04. The van der Waals surface area contributed by atoms with Gasteiger partial charge in [0.2, 0.25) is 15.9 Å². The Morgan fingerprint density at radius 2 is 2.10 bits per heavy atom. The fourth-order valence-corrected chi connectivity index (χ4v) is 4.59. The number of nitrogens with zero attached hydrogens (tertiary/aromatic N) is 3. The van der Waals surface area contributed by atoms with Crippen molar-refractivity contribution < 1.29 is 13.2 Å². The van der Waals surface area contributed by atoms with E-state index in [0.717, 1.165) is 5.52 Å². The number of halogens is 1. The molecule has 0 radical (unpaired) electrons. The number of nitrogens with one attached hydrogen (secondary N) is 1. The van der Waals surface area contributed by atoms with Gasteiger partial charge in [0.15, 0.2) is 5.16 Å². The molecule has 0 bridgehead atoms. The summed E-state index contributed by atoms with van der Waals surface area (Å²) in [6, 6.07) is 11.2. The summed E-state index contributed by atoms with van der Waals surface area (Å²) < 4.78 is 25.1. The third-order valence-corrected chi connectivity index (χ3v) is 6.46. The first kappa shape index (κ1) is 22.1. The number of nitrogens with two attached hydrogens (primary N) is 1. The highest BCUT2D eigenvalue weighted by Gasteiger charge is 2.15. The van der Waals surface area contributed by atoms with E-state index in [1.54, 1.807) is 18.2 Å². The molecule has 3 N–H and O–H groups in total. The third-order valence-electron chi connectivity index (χ3n) is 4.26. The minimum atomic E-state index is -3.81. The van der Waals surface area contributed by atoms with E-state index in [1.807, 2.05) is 17.6 Å². The summed E-state index contributed by atoms with van der Waals surface area (Å²) in [7, 11) is -3.81. The first-order chi connectivity index (χ1) is 14.2. The monoisotopic (exact) mass is 463 g/mol. The number of carbonyl (C=O) groups excluding carboxylic acids is 1. The zero-order valence-corrected chi connectivity index (χ0v) is 18.3. The molecule has 156 valence electrons. The molecular weight excluding hydrogens is 446 g/mol. The van der Waals surface area contributed by atoms with E-state index in [-0.39, 0.29) is 22.2 Å². The molecule has 1 heterocycles. The van der Waals surface area contributed by atoms with Crippen LogP contribution in [0.25, 0.3) is 11.0 Å². The zero-order chi connectivity index (χ0) is 21.9. The van der Waals surface area contributed by atoms with E-state index in [0.29, 0.717) is 34.2 Å². The van der Waals surface area contributed by atoms with E-state index in [2.05, 4.69) is 10.3 Å². The number of primary sulfonamides is 1. The molecule has 11 heteroatoms. The van der Waals surface area contributed by atoms with Crippen molar-refractivity contribution in [2.75, 3.05) is 11.1 Å². The van der Waals surface area contributed by atoms with E-state index in [9.17, 15) is 13.2 Å². The number of anilines is 1. The number of imidazole rings is 1. The summed E-state index contributed by atoms with van der Waals surface area (Å²) in [5, 5.41) is 17.8. The van der Waals surface area contributed by atoms with Crippen LogP contribution >= 0.6 is 23.4 Å². The largest absolute Gasteiger partial charge is 0.326 e. The number of sulfonamides is 1. The van der Waals surface area contributed by atoms with Gasteiger partial charge in [0.1, 0.15) is 6.07 Å². The number of nitriles is 1. The van der Waals surface area contributed by atoms with Crippen molar-refractivity contribution in [1.82, 2.24) is 9.55 Å². The molecule has 0 spiro atoms. The Labute approximate surface area is 183 Å². The molecule has 0 aliphatic heterocycles. The smallest absolute Gasteiger partial charge is 0.238 e. The second kappa shape index (κ2) is 9.06. The number of fused-ring (bicyclic) bond motifs is 1. The Bertz CT molecular complexity index is 1270. The molecule has 30 heavy (non-hydrogen) atoms. The van der Waals surface area contributed by atoms with Crippen molar-refractivity contribution in [3.63, 3.8) is 0 Å². The number of benzene rings is 2. The minimum absolute atomic E-state index is 0.00718. The van der Waals surface area contributed by atoms with Crippen LogP contribution in [0.2, 0.25) is 5.02 Å². The molecule has 0 aliphatic carbocycles. The maximum Gasteiger partial charge on any atom is 0.238 e. The van der Waals surface area contributed by atoms with Crippen molar-refractivity contribution in [2.45, 2.75) is 29.9 Å². The van der Waals surface area contributed by atoms with Gasteiger partial charge in [0.05, 0.1) is 26.5 Å². The van der Waals surface area contributed by atoms with Gasteiger partial charge in [-0.15, -0.1) is 0 Å². The molecule has 0 fully saturated rings. The van der Waals surface area contributed by atoms with Gasteiger partial charge in [-0.3, -0.25) is 4.79 Å². The average molecular weight is 464 g/mol. The number of carbonyl (C=O) groups is 1. The normalized spacial score (nSPS) is 11.4. The molecular formula is C19H18ClN5O3S2. The van der Waals surface area contributed by atoms with Crippen LogP contribution in [-0.4, -0.2) is 29.6 Å². The Hall–Kier alpha value is -2.58. The first-order valence-corrected chi connectivity index (χ1v) is 11.8. The third kappa shape index (κ3) is 4.94. The summed E-state index contributed by atoms with van der Waals surface area (Å²) in [5.74, 6) is 0.278. The number of thioether (sulfide) groups is 1. The van der Waals surface area contributed by atoms with Gasteiger partial charge in [-0.25, -0.2) is 18.5 Å². The Morgan fingerprint density at radius 1 is 1.33 bits per heavy atom. The zero-order valence-electron chi connectivity index (χ0n) is 15.9. The van der Waals surface area contributed by atoms with Crippen LogP contribution in [0, 0.1) is 11.3 Å². The molecule has 8 nitrogen and oxygen atoms in total. The van der Waals surface area contributed by atoms with Crippen LogP contribution < -0.4 is 10.5 Å². The maximum absolute atomic E-state index is 12.2. The fourth-order valence-electron chi connectivity index (χ4n) is 2.82. The van der Waals surface area contributed by atoms with Crippen LogP contribution in [0.4, 0.5) is 5.69 Å². The van der Waals surface area contributed by atoms with Crippen LogP contribution in [-0.2, 0) is 21.4 Å². The van der Waals surface area contributed by atoms with Crippen molar-refractivity contribution in [3.05, 3.63) is 47.0 Å². The van der Waals surface area contributed by atoms with Crippen LogP contribution in [0.15, 0.2) is 46.5 Å². The Kier molecular flexibility index (Phi) is 6.67. The molecule has 0 saturated carbocycles. The van der Waals surface area contributed by atoms with Crippen molar-refractivity contribution >= 4 is 56.0 Å². The predicted molar refractivity (Wildman–Crippen MR) is 117 cm³/mol. The molecule has 0 aliphatic rings. The van der Waals surface area contributed by atoms with Gasteiger partial charge >= 0.3 is 0 Å². The highest BCUT2D eigenvalue weighted by atomic mass is 35.5. The highest BCUT2D eigenvalue weighted by molar-refractivity contribution is 7.99. The second-order valence-corrected chi connectivity index (χ2v) is 9.32. The fraction of sp³-hybridized carbons (Fsp3) is 0.211. The highest BCUT2D eigenvalue weighted by Crippen LogP contribution is 2.26. The van der Waals surface area contributed by atoms with Crippen molar-refractivity contribution in [2.24, 2.45) is 5.14 Å². The van der Waals surface area contributed by atoms with Gasteiger partial charge in [-0.1, -0.05) is 23.4 Å². The lowest BCUT2D eigenvalue weighted by molar-refractivity contribution is -0.115. The number of rotatable bonds is 7. The molecule has 2 aromatic carbocycles. The van der Waals surface area contributed by atoms with E-state index >= 15 is 0 Å². The number of aromatic nitrogens is 2. The first-order valence-electron chi connectivity index (χ1n) is 8.88. The van der Waals surface area contributed by atoms with Crippen LogP contribution in [0.5, 0.6) is 0 Å². The molecule has 1 aromatic heterocycles. The second-order valence-electron chi connectivity index (χ2n) is 6.29. The van der Waals surface area contributed by atoms with Crippen LogP contribution in [0.3, 0.4) is 0 Å². The molecule has 0 unspecified atom stereocenters. The Balaban J connectivity index is 1.67. The SMILES string of the molecule is CCn1c(SCCC(=O)Nc2ccc(C#N)c(Cl)c2)nc2cc(S(N)(=O)=O)ccc21. The topological polar surface area (TPSA) is 131 Å². The van der Waals surface area contributed by atoms with Gasteiger partial charge in [0, 0.05) is 24.4 Å². The molecule has 3 aromatic rings. The van der Waals surface area contributed by atoms with E-state index in [1.165, 1.54) is 30.0 Å². The lowest BCUT2D eigenvalue weighted by Gasteiger charge is -2.07. The molecule has 0 atom stereocenters. The maximum atomic E-state index is 12.2. The number of aryl methyl sites for hydroxylation is 1. The van der Waals surface area contributed by atoms with E-state index < -0.39 is 10.0 Å². The summed E-state index contributed by atoms with van der Waals surface area (Å²) in [4.78, 5) is 16.7. The van der Waals surface area contributed by atoms with Gasteiger partial charge in [-0.2, -0.15) is 5.26 Å². The molecule has 0 saturated heterocycles. The minimum Gasteiger partial charge on any atom is -0.326 e. The number of hydrogen-bond donors (Lipinski definition) is 2. The molecule has 3 rings (SSSR count). The summed E-state index contributed by atoms with van der Waals surface area (Å²) in [6.45, 7) is 2.60. The summed E-state index contributed by atoms with van der Waals surface area (Å²) in [6.07, 6.45) is 0.234. The standard InChI is InChI=1S/C19H18ClN5O3S2/c1-2-25-17-6-5-14(30(22,27)28)10-16(17)24-19(25)29-8-7-18(26)23-13-4-3-12(11-21)15(20)9-13/h3-6,9-10H,2,7-8H2,1H3,(H,23,26)(H2,22,27,28). The Morgan fingerprint density at radius 3 is 2.73 bits per heavy atom. The van der Waals surface area contributed by atoms with Crippen molar-refractivity contribution in [3.8, 4) is 6.07 Å². The van der Waals surface area contributed by atoms with Gasteiger partial charge < -0.3 is 9.88 Å². The lowest BCUT2D eigenvalue weighted by atomic mass is 10.2. The van der Waals surface area contributed by atoms with Gasteiger partial charge in [-0.05, 0) is 43.3 Å². The van der Waals surface area contributed by atoms with Gasteiger partial charge in [0.25, 0.3) is 0 Å². The predicted octanol–water partition coefficient (Wildman–Crippen LogP) is 3.35. The molecule has 1 amide bonds. The number of hydrogen-bond acceptors (Lipinski definition) is 6. The quantitative estimate of drug-likeness (QED) is 0.516. The van der Waals surface area contributed by atoms with Crippen LogP contribution in [0.1, 0.15) is 18.9 Å². The van der Waals surface area contributed by atoms with E-state index in [4.69, 9.17) is 22.0 Å².